The van der Waals surface area contributed by atoms with Crippen LogP contribution in [0.15, 0.2) is 9.98 Å². The fourth-order valence-corrected chi connectivity index (χ4v) is 0.228. The van der Waals surface area contributed by atoms with Crippen LogP contribution in [-0.4, -0.2) is 24.2 Å². The molecule has 0 spiro atoms. The minimum Gasteiger partial charge on any atom is -0.300 e. The summed E-state index contributed by atoms with van der Waals surface area (Å²) in [7, 11) is 0. The van der Waals surface area contributed by atoms with E-state index in [-0.39, 0.29) is 5.78 Å². The number of carbonyl (C=O) groups excluding carboxylic acids is 2. The minimum atomic E-state index is -0.407. The van der Waals surface area contributed by atoms with Gasteiger partial charge in [0.05, 0.1) is 12.4 Å². The van der Waals surface area contributed by atoms with Gasteiger partial charge in [0.15, 0.2) is 0 Å². The van der Waals surface area contributed by atoms with Crippen molar-refractivity contribution in [3.63, 3.8) is 0 Å². The highest BCUT2D eigenvalue weighted by atomic mass is 16.2. The fourth-order valence-electron chi connectivity index (χ4n) is 0.228. The van der Waals surface area contributed by atoms with E-state index in [0.717, 1.165) is 0 Å². The molecule has 1 heterocycles. The Morgan fingerprint density at radius 1 is 1.30 bits per heavy atom. The molecule has 0 saturated carbocycles. The molecule has 0 aromatic rings. The van der Waals surface area contributed by atoms with Crippen molar-refractivity contribution in [1.82, 2.24) is 0 Å². The summed E-state index contributed by atoms with van der Waals surface area (Å²) in [5.41, 5.74) is 0. The summed E-state index contributed by atoms with van der Waals surface area (Å²) in [5.74, 6) is 0.167. The highest BCUT2D eigenvalue weighted by Crippen LogP contribution is 1.81. The van der Waals surface area contributed by atoms with Crippen LogP contribution in [0.25, 0.3) is 0 Å². The SMILES string of the molecule is CC(C)=O.O=C1N=CC=N1. The average molecular weight is 140 g/mol. The number of ketones is 1. The molecule has 0 bridgehead atoms. The lowest BCUT2D eigenvalue weighted by Gasteiger charge is -1.62. The summed E-state index contributed by atoms with van der Waals surface area (Å²) < 4.78 is 0. The van der Waals surface area contributed by atoms with Crippen molar-refractivity contribution < 1.29 is 9.59 Å². The molecule has 4 nitrogen and oxygen atoms in total. The maximum absolute atomic E-state index is 9.85. The van der Waals surface area contributed by atoms with E-state index in [1.54, 1.807) is 0 Å². The van der Waals surface area contributed by atoms with Crippen molar-refractivity contribution in [2.75, 3.05) is 0 Å². The second-order valence-corrected chi connectivity index (χ2v) is 1.75. The zero-order valence-corrected chi connectivity index (χ0v) is 5.87. The summed E-state index contributed by atoms with van der Waals surface area (Å²) in [6, 6.07) is -0.407. The molecule has 54 valence electrons. The lowest BCUT2D eigenvalue weighted by molar-refractivity contribution is -0.114. The van der Waals surface area contributed by atoms with E-state index in [0.29, 0.717) is 0 Å². The third kappa shape index (κ3) is 6.68. The molecule has 1 aliphatic heterocycles. The first-order chi connectivity index (χ1) is 4.63. The van der Waals surface area contributed by atoms with Gasteiger partial charge in [-0.1, -0.05) is 0 Å². The van der Waals surface area contributed by atoms with Crippen molar-refractivity contribution in [2.24, 2.45) is 9.98 Å². The Bertz CT molecular complexity index is 176. The van der Waals surface area contributed by atoms with Gasteiger partial charge < -0.3 is 4.79 Å². The molecule has 2 amide bonds. The number of hydrogen-bond acceptors (Lipinski definition) is 2. The second kappa shape index (κ2) is 4.55. The van der Waals surface area contributed by atoms with E-state index in [2.05, 4.69) is 9.98 Å². The monoisotopic (exact) mass is 140 g/mol. The van der Waals surface area contributed by atoms with Crippen molar-refractivity contribution >= 4 is 24.2 Å². The molecule has 0 fully saturated rings. The fraction of sp³-hybridized carbons (Fsp3) is 0.333. The maximum atomic E-state index is 9.85. The van der Waals surface area contributed by atoms with E-state index >= 15 is 0 Å². The maximum Gasteiger partial charge on any atom is 0.367 e. The van der Waals surface area contributed by atoms with Crippen LogP contribution in [-0.2, 0) is 4.79 Å². The summed E-state index contributed by atoms with van der Waals surface area (Å²) in [5, 5.41) is 0. The highest BCUT2D eigenvalue weighted by molar-refractivity contribution is 6.25. The van der Waals surface area contributed by atoms with Crippen molar-refractivity contribution in [3.8, 4) is 0 Å². The molecular weight excluding hydrogens is 132 g/mol. The van der Waals surface area contributed by atoms with Gasteiger partial charge in [0.2, 0.25) is 0 Å². The smallest absolute Gasteiger partial charge is 0.300 e. The normalized spacial score (nSPS) is 12.8. The number of hydrogen-bond donors (Lipinski definition) is 0. The number of rotatable bonds is 0. The van der Waals surface area contributed by atoms with Gasteiger partial charge in [-0.15, -0.1) is 0 Å². The molecule has 0 aromatic heterocycles. The predicted molar refractivity (Wildman–Crippen MR) is 38.7 cm³/mol. The number of carbonyl (C=O) groups is 2. The molecule has 0 aliphatic carbocycles. The third-order valence-electron chi connectivity index (χ3n) is 0.437. The Morgan fingerprint density at radius 3 is 1.70 bits per heavy atom. The van der Waals surface area contributed by atoms with Crippen molar-refractivity contribution in [1.29, 1.82) is 0 Å². The standard InChI is InChI=1S/C3H2N2O.C3H6O/c6-3-4-1-2-5-3;1-3(2)4/h1-2H;1-2H3. The third-order valence-corrected chi connectivity index (χ3v) is 0.437. The Kier molecular flexibility index (Phi) is 3.95. The van der Waals surface area contributed by atoms with Gasteiger partial charge in [-0.2, -0.15) is 9.98 Å². The molecule has 1 aliphatic rings. The number of urea groups is 1. The first kappa shape index (κ1) is 8.68. The van der Waals surface area contributed by atoms with Crippen LogP contribution in [0.4, 0.5) is 4.79 Å². The average Bonchev–Trinajstić information content (AvgIpc) is 2.15. The van der Waals surface area contributed by atoms with Crippen molar-refractivity contribution in [3.05, 3.63) is 0 Å². The first-order valence-corrected chi connectivity index (χ1v) is 2.71. The van der Waals surface area contributed by atoms with E-state index < -0.39 is 6.03 Å². The van der Waals surface area contributed by atoms with Crippen LogP contribution in [0.1, 0.15) is 13.8 Å². The molecule has 4 heteroatoms. The van der Waals surface area contributed by atoms with E-state index in [1.807, 2.05) is 0 Å². The first-order valence-electron chi connectivity index (χ1n) is 2.71. The lowest BCUT2D eigenvalue weighted by atomic mass is 10.6. The van der Waals surface area contributed by atoms with Gasteiger partial charge in [0, 0.05) is 0 Å². The largest absolute Gasteiger partial charge is 0.367 e. The number of Topliss-reactive ketones (excluding diaryl/α,β-unsaturated/α-hetero) is 1. The summed E-state index contributed by atoms with van der Waals surface area (Å²) >= 11 is 0. The lowest BCUT2D eigenvalue weighted by Crippen LogP contribution is -1.70. The predicted octanol–water partition coefficient (Wildman–Crippen LogP) is 0.857. The molecule has 0 unspecified atom stereocenters. The molecule has 0 atom stereocenters. The molecule has 0 aromatic carbocycles. The topological polar surface area (TPSA) is 58.9 Å². The van der Waals surface area contributed by atoms with E-state index in [9.17, 15) is 9.59 Å². The van der Waals surface area contributed by atoms with Crippen LogP contribution in [0.3, 0.4) is 0 Å². The van der Waals surface area contributed by atoms with Crippen LogP contribution in [0.5, 0.6) is 0 Å². The molecule has 0 N–H and O–H groups in total. The molecule has 1 rings (SSSR count). The molecule has 10 heavy (non-hydrogen) atoms. The van der Waals surface area contributed by atoms with Gasteiger partial charge in [-0.05, 0) is 13.8 Å². The molecule has 0 saturated heterocycles. The Balaban J connectivity index is 0.000000180. The molecule has 0 radical (unpaired) electrons. The highest BCUT2D eigenvalue weighted by Gasteiger charge is 1.91. The zero-order chi connectivity index (χ0) is 7.98. The van der Waals surface area contributed by atoms with Crippen LogP contribution in [0, 0.1) is 0 Å². The number of nitrogens with zero attached hydrogens (tertiary/aromatic N) is 2. The van der Waals surface area contributed by atoms with Gasteiger partial charge in [0.1, 0.15) is 5.78 Å². The number of aliphatic imine (C=N–C) groups is 2. The second-order valence-electron chi connectivity index (χ2n) is 1.75. The zero-order valence-electron chi connectivity index (χ0n) is 5.87. The summed E-state index contributed by atoms with van der Waals surface area (Å²) in [6.07, 6.45) is 2.73. The Morgan fingerprint density at radius 2 is 1.60 bits per heavy atom. The van der Waals surface area contributed by atoms with Crippen LogP contribution in [0.2, 0.25) is 0 Å². The Hall–Kier alpha value is -1.32. The van der Waals surface area contributed by atoms with Gasteiger partial charge in [-0.3, -0.25) is 0 Å². The van der Waals surface area contributed by atoms with Crippen LogP contribution >= 0.6 is 0 Å². The summed E-state index contributed by atoms with van der Waals surface area (Å²) in [6.45, 7) is 3.06. The van der Waals surface area contributed by atoms with E-state index in [1.165, 1.54) is 26.3 Å². The van der Waals surface area contributed by atoms with Gasteiger partial charge in [0.25, 0.3) is 0 Å². The van der Waals surface area contributed by atoms with E-state index in [4.69, 9.17) is 0 Å². The Labute approximate surface area is 58.7 Å². The quantitative estimate of drug-likeness (QED) is 0.501. The van der Waals surface area contributed by atoms with Crippen LogP contribution < -0.4 is 0 Å². The number of amides is 2. The van der Waals surface area contributed by atoms with Gasteiger partial charge >= 0.3 is 6.03 Å². The van der Waals surface area contributed by atoms with Crippen molar-refractivity contribution in [2.45, 2.75) is 13.8 Å². The summed E-state index contributed by atoms with van der Waals surface area (Å²) in [4.78, 5) is 25.8. The van der Waals surface area contributed by atoms with Gasteiger partial charge in [-0.25, -0.2) is 4.79 Å². The minimum absolute atomic E-state index is 0.167. The molecular formula is C6H8N2O2.